The number of thiophene rings is 1. The van der Waals surface area contributed by atoms with E-state index in [0.29, 0.717) is 16.1 Å². The highest BCUT2D eigenvalue weighted by molar-refractivity contribution is 7.16. The largest absolute Gasteiger partial charge is 0.312 e. The van der Waals surface area contributed by atoms with Gasteiger partial charge in [0.05, 0.1) is 5.56 Å². The molecule has 2 heterocycles. The van der Waals surface area contributed by atoms with Gasteiger partial charge in [0, 0.05) is 17.0 Å². The molecule has 2 N–H and O–H groups in total. The third kappa shape index (κ3) is 2.66. The molecule has 0 aliphatic carbocycles. The minimum Gasteiger partial charge on any atom is -0.312 e. The van der Waals surface area contributed by atoms with Gasteiger partial charge in [0.2, 0.25) is 0 Å². The van der Waals surface area contributed by atoms with Crippen LogP contribution in [-0.4, -0.2) is 12.5 Å². The van der Waals surface area contributed by atoms with E-state index < -0.39 is 0 Å². The van der Waals surface area contributed by atoms with E-state index in [-0.39, 0.29) is 11.7 Å². The molecule has 0 bridgehead atoms. The van der Waals surface area contributed by atoms with E-state index in [2.05, 4.69) is 16.7 Å². The molecule has 3 rings (SSSR count). The van der Waals surface area contributed by atoms with E-state index in [0.717, 1.165) is 30.0 Å². The summed E-state index contributed by atoms with van der Waals surface area (Å²) < 4.78 is 12.9. The van der Waals surface area contributed by atoms with Crippen LogP contribution in [0, 0.1) is 17.1 Å². The second kappa shape index (κ2) is 5.64. The first-order valence-electron chi connectivity index (χ1n) is 6.51. The van der Waals surface area contributed by atoms with Gasteiger partial charge in [-0.05, 0) is 42.8 Å². The molecule has 0 unspecified atom stereocenters. The quantitative estimate of drug-likeness (QED) is 0.896. The van der Waals surface area contributed by atoms with Gasteiger partial charge < -0.3 is 10.6 Å². The van der Waals surface area contributed by atoms with Gasteiger partial charge in [-0.25, -0.2) is 4.39 Å². The molecule has 1 aliphatic heterocycles. The van der Waals surface area contributed by atoms with Gasteiger partial charge in [-0.1, -0.05) is 0 Å². The van der Waals surface area contributed by atoms with Crippen molar-refractivity contribution in [2.24, 2.45) is 0 Å². The summed E-state index contributed by atoms with van der Waals surface area (Å²) in [6.45, 7) is 1.56. The van der Waals surface area contributed by atoms with Crippen LogP contribution >= 0.6 is 11.3 Å². The van der Waals surface area contributed by atoms with Crippen molar-refractivity contribution in [1.29, 1.82) is 5.26 Å². The summed E-state index contributed by atoms with van der Waals surface area (Å²) in [7, 11) is 0. The Morgan fingerprint density at radius 3 is 2.86 bits per heavy atom. The molecule has 1 aromatic carbocycles. The first-order chi connectivity index (χ1) is 10.2. The monoisotopic (exact) mass is 301 g/mol. The van der Waals surface area contributed by atoms with Crippen LogP contribution in [-0.2, 0) is 13.0 Å². The summed E-state index contributed by atoms with van der Waals surface area (Å²) >= 11 is 1.42. The Bertz CT molecular complexity index is 731. The van der Waals surface area contributed by atoms with Crippen molar-refractivity contribution >= 4 is 22.2 Å². The summed E-state index contributed by atoms with van der Waals surface area (Å²) in [6.07, 6.45) is 0.793. The molecule has 106 valence electrons. The molecule has 0 saturated heterocycles. The zero-order valence-corrected chi connectivity index (χ0v) is 11.9. The molecule has 0 atom stereocenters. The number of carbonyl (C=O) groups is 1. The number of hydrogen-bond donors (Lipinski definition) is 2. The highest BCUT2D eigenvalue weighted by atomic mass is 32.1. The van der Waals surface area contributed by atoms with Crippen molar-refractivity contribution in [2.45, 2.75) is 13.0 Å². The van der Waals surface area contributed by atoms with Crippen LogP contribution in [0.15, 0.2) is 24.3 Å². The number of rotatable bonds is 2. The van der Waals surface area contributed by atoms with Gasteiger partial charge >= 0.3 is 0 Å². The number of hydrogen-bond acceptors (Lipinski definition) is 4. The lowest BCUT2D eigenvalue weighted by Crippen LogP contribution is -2.22. The Labute approximate surface area is 125 Å². The number of fused-ring (bicyclic) bond motifs is 1. The van der Waals surface area contributed by atoms with Crippen LogP contribution in [0.4, 0.5) is 9.39 Å². The lowest BCUT2D eigenvalue weighted by molar-refractivity contribution is 0.102. The molecule has 2 aromatic rings. The minimum atomic E-state index is -0.387. The Kier molecular flexibility index (Phi) is 3.69. The Morgan fingerprint density at radius 2 is 2.14 bits per heavy atom. The molecule has 0 saturated carbocycles. The van der Waals surface area contributed by atoms with Crippen LogP contribution in [0.1, 0.15) is 26.4 Å². The van der Waals surface area contributed by atoms with Gasteiger partial charge in [0.1, 0.15) is 16.9 Å². The number of carbonyl (C=O) groups excluding carboxylic acids is 1. The SMILES string of the molecule is N#Cc1c(NC(=O)c2ccc(F)cc2)sc2c1CCNC2. The summed E-state index contributed by atoms with van der Waals surface area (Å²) in [5.74, 6) is -0.722. The second-order valence-electron chi connectivity index (χ2n) is 4.71. The Hall–Kier alpha value is -2.23. The van der Waals surface area contributed by atoms with E-state index in [1.54, 1.807) is 0 Å². The third-order valence-electron chi connectivity index (χ3n) is 3.37. The fourth-order valence-electron chi connectivity index (χ4n) is 2.32. The highest BCUT2D eigenvalue weighted by Crippen LogP contribution is 2.35. The molecular weight excluding hydrogens is 289 g/mol. The van der Waals surface area contributed by atoms with Crippen molar-refractivity contribution in [3.8, 4) is 6.07 Å². The second-order valence-corrected chi connectivity index (χ2v) is 5.81. The molecule has 21 heavy (non-hydrogen) atoms. The molecular formula is C15H12FN3OS. The Morgan fingerprint density at radius 1 is 1.38 bits per heavy atom. The van der Waals surface area contributed by atoms with Crippen molar-refractivity contribution in [1.82, 2.24) is 5.32 Å². The average molecular weight is 301 g/mol. The predicted molar refractivity (Wildman–Crippen MR) is 78.8 cm³/mol. The number of halogens is 1. The maximum Gasteiger partial charge on any atom is 0.256 e. The standard InChI is InChI=1S/C15H12FN3OS/c16-10-3-1-9(2-4-10)14(20)19-15-12(7-17)11-5-6-18-8-13(11)21-15/h1-4,18H,5-6,8H2,(H,19,20). The van der Waals surface area contributed by atoms with Gasteiger partial charge in [0.15, 0.2) is 0 Å². The van der Waals surface area contributed by atoms with Crippen LogP contribution in [0.25, 0.3) is 0 Å². The zero-order valence-electron chi connectivity index (χ0n) is 11.1. The molecule has 4 nitrogen and oxygen atoms in total. The van der Waals surface area contributed by atoms with E-state index >= 15 is 0 Å². The van der Waals surface area contributed by atoms with E-state index in [1.165, 1.54) is 35.6 Å². The van der Waals surface area contributed by atoms with Gasteiger partial charge in [0.25, 0.3) is 5.91 Å². The van der Waals surface area contributed by atoms with Crippen LogP contribution in [0.5, 0.6) is 0 Å². The fourth-order valence-corrected chi connectivity index (χ4v) is 3.48. The smallest absolute Gasteiger partial charge is 0.256 e. The first kappa shape index (κ1) is 13.7. The van der Waals surface area contributed by atoms with Crippen molar-refractivity contribution in [3.63, 3.8) is 0 Å². The van der Waals surface area contributed by atoms with Crippen molar-refractivity contribution < 1.29 is 9.18 Å². The minimum absolute atomic E-state index is 0.335. The van der Waals surface area contributed by atoms with Crippen LogP contribution in [0.2, 0.25) is 0 Å². The lowest BCUT2D eigenvalue weighted by atomic mass is 10.0. The maximum absolute atomic E-state index is 12.9. The van der Waals surface area contributed by atoms with Gasteiger partial charge in [-0.3, -0.25) is 4.79 Å². The molecule has 0 fully saturated rings. The molecule has 1 aliphatic rings. The third-order valence-corrected chi connectivity index (χ3v) is 4.52. The number of amides is 1. The number of benzene rings is 1. The van der Waals surface area contributed by atoms with Crippen LogP contribution < -0.4 is 10.6 Å². The normalized spacial score (nSPS) is 13.3. The predicted octanol–water partition coefficient (Wildman–Crippen LogP) is 2.66. The van der Waals surface area contributed by atoms with Crippen molar-refractivity contribution in [2.75, 3.05) is 11.9 Å². The summed E-state index contributed by atoms with van der Waals surface area (Å²) in [6, 6.07) is 7.50. The maximum atomic E-state index is 12.9. The summed E-state index contributed by atoms with van der Waals surface area (Å²) in [4.78, 5) is 13.2. The first-order valence-corrected chi connectivity index (χ1v) is 7.33. The highest BCUT2D eigenvalue weighted by Gasteiger charge is 2.21. The van der Waals surface area contributed by atoms with Gasteiger partial charge in [-0.2, -0.15) is 5.26 Å². The lowest BCUT2D eigenvalue weighted by Gasteiger charge is -2.11. The van der Waals surface area contributed by atoms with E-state index in [9.17, 15) is 14.4 Å². The van der Waals surface area contributed by atoms with Gasteiger partial charge in [-0.15, -0.1) is 11.3 Å². The zero-order chi connectivity index (χ0) is 14.8. The van der Waals surface area contributed by atoms with Crippen molar-refractivity contribution in [3.05, 3.63) is 51.7 Å². The Balaban J connectivity index is 1.88. The molecule has 0 spiro atoms. The number of nitriles is 1. The molecule has 0 radical (unpaired) electrons. The molecule has 6 heteroatoms. The summed E-state index contributed by atoms with van der Waals surface area (Å²) in [5, 5.41) is 15.9. The van der Waals surface area contributed by atoms with E-state index in [4.69, 9.17) is 0 Å². The number of nitrogens with one attached hydrogen (secondary N) is 2. The molecule has 1 amide bonds. The number of nitrogens with zero attached hydrogens (tertiary/aromatic N) is 1. The molecule has 1 aromatic heterocycles. The summed E-state index contributed by atoms with van der Waals surface area (Å²) in [5.41, 5.74) is 1.94. The number of anilines is 1. The van der Waals surface area contributed by atoms with Crippen LogP contribution in [0.3, 0.4) is 0 Å². The average Bonchev–Trinajstić information content (AvgIpc) is 2.84. The van der Waals surface area contributed by atoms with E-state index in [1.807, 2.05) is 0 Å². The fraction of sp³-hybridized carbons (Fsp3) is 0.200. The topological polar surface area (TPSA) is 64.9 Å².